The average molecular weight is 407 g/mol. The summed E-state index contributed by atoms with van der Waals surface area (Å²) in [5.74, 6) is 0. The summed E-state index contributed by atoms with van der Waals surface area (Å²) in [5.41, 5.74) is 3.31. The lowest BCUT2D eigenvalue weighted by atomic mass is 10.1. The van der Waals surface area contributed by atoms with Crippen LogP contribution in [0.3, 0.4) is 0 Å². The van der Waals surface area contributed by atoms with E-state index in [1.165, 1.54) is 16.9 Å². The second-order valence-corrected chi connectivity index (χ2v) is 8.20. The SMILES string of the molecule is O=c1cc(CN2CCN(Cc3ccc(-n4ccnc4)cc3)CC2)nc2sccn12. The molecule has 1 aliphatic heterocycles. The van der Waals surface area contributed by atoms with Gasteiger partial charge in [0.25, 0.3) is 5.56 Å². The van der Waals surface area contributed by atoms with Crippen molar-refractivity contribution in [3.63, 3.8) is 0 Å². The first kappa shape index (κ1) is 18.2. The fraction of sp³-hybridized carbons (Fsp3) is 0.286. The quantitative estimate of drug-likeness (QED) is 0.509. The molecule has 0 unspecified atom stereocenters. The van der Waals surface area contributed by atoms with Crippen molar-refractivity contribution in [2.24, 2.45) is 0 Å². The number of imidazole rings is 1. The van der Waals surface area contributed by atoms with E-state index in [-0.39, 0.29) is 5.56 Å². The lowest BCUT2D eigenvalue weighted by Crippen LogP contribution is -2.45. The van der Waals surface area contributed by atoms with E-state index < -0.39 is 0 Å². The predicted octanol–water partition coefficient (Wildman–Crippen LogP) is 2.26. The maximum atomic E-state index is 12.2. The summed E-state index contributed by atoms with van der Waals surface area (Å²) in [7, 11) is 0. The molecule has 1 saturated heterocycles. The number of nitrogens with zero attached hydrogens (tertiary/aromatic N) is 6. The summed E-state index contributed by atoms with van der Waals surface area (Å²) in [6.07, 6.45) is 7.33. The molecule has 0 amide bonds. The number of hydrogen-bond acceptors (Lipinski definition) is 6. The Morgan fingerprint density at radius 1 is 0.966 bits per heavy atom. The summed E-state index contributed by atoms with van der Waals surface area (Å²) in [4.78, 5) is 26.5. The minimum Gasteiger partial charge on any atom is -0.306 e. The Bertz CT molecular complexity index is 1140. The molecule has 8 heteroatoms. The lowest BCUT2D eigenvalue weighted by Gasteiger charge is -2.34. The molecule has 4 heterocycles. The van der Waals surface area contributed by atoms with E-state index in [0.29, 0.717) is 0 Å². The van der Waals surface area contributed by atoms with Crippen molar-refractivity contribution in [3.05, 3.63) is 82.2 Å². The number of benzene rings is 1. The number of thiazole rings is 1. The van der Waals surface area contributed by atoms with E-state index in [1.54, 1.807) is 22.9 Å². The Balaban J connectivity index is 1.16. The third-order valence-electron chi connectivity index (χ3n) is 5.35. The van der Waals surface area contributed by atoms with E-state index in [9.17, 15) is 4.79 Å². The van der Waals surface area contributed by atoms with E-state index in [1.807, 2.05) is 22.5 Å². The van der Waals surface area contributed by atoms with Crippen LogP contribution in [0.1, 0.15) is 11.3 Å². The van der Waals surface area contributed by atoms with Gasteiger partial charge in [-0.15, -0.1) is 11.3 Å². The van der Waals surface area contributed by atoms with Gasteiger partial charge in [0.15, 0.2) is 4.96 Å². The van der Waals surface area contributed by atoms with Gasteiger partial charge in [0.1, 0.15) is 0 Å². The predicted molar refractivity (Wildman–Crippen MR) is 113 cm³/mol. The highest BCUT2D eigenvalue weighted by atomic mass is 32.1. The molecule has 0 saturated carbocycles. The molecule has 0 N–H and O–H groups in total. The van der Waals surface area contributed by atoms with Gasteiger partial charge in [0, 0.05) is 75.0 Å². The molecule has 7 nitrogen and oxygen atoms in total. The van der Waals surface area contributed by atoms with Crippen molar-refractivity contribution in [1.82, 2.24) is 28.7 Å². The molecule has 4 aromatic rings. The average Bonchev–Trinajstić information content (AvgIpc) is 3.42. The Morgan fingerprint density at radius 2 is 1.72 bits per heavy atom. The van der Waals surface area contributed by atoms with Gasteiger partial charge < -0.3 is 4.57 Å². The van der Waals surface area contributed by atoms with Crippen LogP contribution in [0.25, 0.3) is 10.6 Å². The first-order valence-electron chi connectivity index (χ1n) is 9.72. The fourth-order valence-corrected chi connectivity index (χ4v) is 4.49. The number of aromatic nitrogens is 4. The summed E-state index contributed by atoms with van der Waals surface area (Å²) < 4.78 is 3.61. The molecule has 29 heavy (non-hydrogen) atoms. The number of hydrogen-bond donors (Lipinski definition) is 0. The van der Waals surface area contributed by atoms with Gasteiger partial charge >= 0.3 is 0 Å². The number of rotatable bonds is 5. The highest BCUT2D eigenvalue weighted by Gasteiger charge is 2.18. The van der Waals surface area contributed by atoms with Gasteiger partial charge in [-0.05, 0) is 17.7 Å². The Hall–Kier alpha value is -2.81. The number of fused-ring (bicyclic) bond motifs is 1. The summed E-state index contributed by atoms with van der Waals surface area (Å²) >= 11 is 1.50. The molecule has 148 valence electrons. The van der Waals surface area contributed by atoms with Crippen LogP contribution in [-0.2, 0) is 13.1 Å². The zero-order chi connectivity index (χ0) is 19.6. The van der Waals surface area contributed by atoms with Gasteiger partial charge in [-0.1, -0.05) is 12.1 Å². The Labute approximate surface area is 172 Å². The van der Waals surface area contributed by atoms with Gasteiger partial charge in [-0.2, -0.15) is 0 Å². The van der Waals surface area contributed by atoms with E-state index in [4.69, 9.17) is 0 Å². The van der Waals surface area contributed by atoms with Crippen molar-refractivity contribution in [3.8, 4) is 5.69 Å². The second kappa shape index (κ2) is 7.90. The molecule has 1 aromatic carbocycles. The maximum absolute atomic E-state index is 12.2. The first-order chi connectivity index (χ1) is 14.2. The van der Waals surface area contributed by atoms with Crippen LogP contribution in [0.2, 0.25) is 0 Å². The third kappa shape index (κ3) is 4.00. The molecule has 0 spiro atoms. The van der Waals surface area contributed by atoms with Gasteiger partial charge in [-0.25, -0.2) is 9.97 Å². The monoisotopic (exact) mass is 406 g/mol. The zero-order valence-electron chi connectivity index (χ0n) is 16.0. The van der Waals surface area contributed by atoms with Crippen LogP contribution in [0.4, 0.5) is 0 Å². The van der Waals surface area contributed by atoms with Crippen molar-refractivity contribution in [2.75, 3.05) is 26.2 Å². The molecule has 0 atom stereocenters. The van der Waals surface area contributed by atoms with Gasteiger partial charge in [0.05, 0.1) is 12.0 Å². The summed E-state index contributed by atoms with van der Waals surface area (Å²) in [5, 5.41) is 1.90. The van der Waals surface area contributed by atoms with Gasteiger partial charge in [0.2, 0.25) is 0 Å². The van der Waals surface area contributed by atoms with Crippen molar-refractivity contribution >= 4 is 16.3 Å². The second-order valence-electron chi connectivity index (χ2n) is 7.33. The summed E-state index contributed by atoms with van der Waals surface area (Å²) in [6, 6.07) is 10.3. The van der Waals surface area contributed by atoms with Crippen LogP contribution in [0.5, 0.6) is 0 Å². The molecule has 0 bridgehead atoms. The highest BCUT2D eigenvalue weighted by Crippen LogP contribution is 2.14. The molecule has 1 aliphatic rings. The van der Waals surface area contributed by atoms with Crippen LogP contribution >= 0.6 is 11.3 Å². The standard InChI is InChI=1S/C21H22N6OS/c28-20-13-18(23-21-27(20)11-12-29-21)15-25-9-7-24(8-10-25)14-17-1-3-19(4-2-17)26-6-5-22-16-26/h1-6,11-13,16H,7-10,14-15H2. The minimum atomic E-state index is 0.00373. The fourth-order valence-electron chi connectivity index (χ4n) is 3.75. The molecular formula is C21H22N6OS. The van der Waals surface area contributed by atoms with Crippen LogP contribution < -0.4 is 5.56 Å². The summed E-state index contributed by atoms with van der Waals surface area (Å²) in [6.45, 7) is 5.69. The maximum Gasteiger partial charge on any atom is 0.258 e. The molecule has 3 aromatic heterocycles. The van der Waals surface area contributed by atoms with Crippen molar-refractivity contribution in [2.45, 2.75) is 13.1 Å². The van der Waals surface area contributed by atoms with Crippen molar-refractivity contribution < 1.29 is 0 Å². The molecule has 1 fully saturated rings. The Kier molecular flexibility index (Phi) is 4.97. The largest absolute Gasteiger partial charge is 0.306 e. The smallest absolute Gasteiger partial charge is 0.258 e. The van der Waals surface area contributed by atoms with Gasteiger partial charge in [-0.3, -0.25) is 19.0 Å². The van der Waals surface area contributed by atoms with Crippen LogP contribution in [-0.4, -0.2) is 54.9 Å². The van der Waals surface area contributed by atoms with Crippen LogP contribution in [0, 0.1) is 0 Å². The van der Waals surface area contributed by atoms with Crippen molar-refractivity contribution in [1.29, 1.82) is 0 Å². The third-order valence-corrected chi connectivity index (χ3v) is 6.11. The lowest BCUT2D eigenvalue weighted by molar-refractivity contribution is 0.121. The van der Waals surface area contributed by atoms with E-state index >= 15 is 0 Å². The highest BCUT2D eigenvalue weighted by molar-refractivity contribution is 7.15. The zero-order valence-corrected chi connectivity index (χ0v) is 16.8. The molecule has 5 rings (SSSR count). The topological polar surface area (TPSA) is 58.7 Å². The van der Waals surface area contributed by atoms with Crippen LogP contribution in [0.15, 0.2) is 65.4 Å². The van der Waals surface area contributed by atoms with E-state index in [2.05, 4.69) is 44.0 Å². The normalized spacial score (nSPS) is 15.9. The first-order valence-corrected chi connectivity index (χ1v) is 10.6. The minimum absolute atomic E-state index is 0.00373. The Morgan fingerprint density at radius 3 is 2.45 bits per heavy atom. The molecule has 0 aliphatic carbocycles. The number of piperazine rings is 1. The molecular weight excluding hydrogens is 384 g/mol. The molecule has 0 radical (unpaired) electrons. The van der Waals surface area contributed by atoms with E-state index in [0.717, 1.165) is 55.6 Å².